The summed E-state index contributed by atoms with van der Waals surface area (Å²) in [5.41, 5.74) is 0.350. The van der Waals surface area contributed by atoms with Crippen LogP contribution in [0.4, 0.5) is 17.6 Å². The van der Waals surface area contributed by atoms with Crippen LogP contribution in [0, 0.1) is 19.7 Å². The number of aliphatic hydroxyl groups excluding tert-OH is 1. The van der Waals surface area contributed by atoms with Crippen molar-refractivity contribution in [3.05, 3.63) is 70.0 Å². The van der Waals surface area contributed by atoms with Gasteiger partial charge in [-0.15, -0.1) is 0 Å². The lowest BCUT2D eigenvalue weighted by atomic mass is 9.96. The van der Waals surface area contributed by atoms with Gasteiger partial charge in [0.25, 0.3) is 0 Å². The number of halogens is 4. The summed E-state index contributed by atoms with van der Waals surface area (Å²) in [5.74, 6) is -0.380. The second kappa shape index (κ2) is 5.48. The summed E-state index contributed by atoms with van der Waals surface area (Å²) in [6, 6.07) is 7.37. The van der Waals surface area contributed by atoms with Crippen molar-refractivity contribution in [2.45, 2.75) is 26.1 Å². The number of aryl methyl sites for hydroxylation is 2. The molecule has 0 heterocycles. The van der Waals surface area contributed by atoms with E-state index in [4.69, 9.17) is 0 Å². The molecule has 0 aliphatic rings. The van der Waals surface area contributed by atoms with E-state index in [9.17, 15) is 22.7 Å². The molecule has 0 amide bonds. The molecule has 0 aliphatic carbocycles. The predicted molar refractivity (Wildman–Crippen MR) is 71.4 cm³/mol. The topological polar surface area (TPSA) is 20.2 Å². The largest absolute Gasteiger partial charge is 0.416 e. The molecule has 0 radical (unpaired) electrons. The zero-order valence-corrected chi connectivity index (χ0v) is 11.5. The van der Waals surface area contributed by atoms with Crippen LogP contribution in [0.25, 0.3) is 0 Å². The van der Waals surface area contributed by atoms with Gasteiger partial charge in [0, 0.05) is 0 Å². The van der Waals surface area contributed by atoms with Crippen LogP contribution in [0.2, 0.25) is 0 Å². The van der Waals surface area contributed by atoms with E-state index >= 15 is 0 Å². The Morgan fingerprint density at radius 1 is 0.952 bits per heavy atom. The van der Waals surface area contributed by atoms with E-state index in [0.717, 1.165) is 12.1 Å². The molecule has 0 fully saturated rings. The van der Waals surface area contributed by atoms with Crippen molar-refractivity contribution < 1.29 is 22.7 Å². The summed E-state index contributed by atoms with van der Waals surface area (Å²) in [5, 5.41) is 10.2. The molecule has 0 bridgehead atoms. The van der Waals surface area contributed by atoms with Crippen LogP contribution in [0.3, 0.4) is 0 Å². The van der Waals surface area contributed by atoms with Gasteiger partial charge >= 0.3 is 6.18 Å². The van der Waals surface area contributed by atoms with Crippen LogP contribution in [-0.4, -0.2) is 5.11 Å². The monoisotopic (exact) mass is 298 g/mol. The van der Waals surface area contributed by atoms with Crippen molar-refractivity contribution in [2.75, 3.05) is 0 Å². The lowest BCUT2D eigenvalue weighted by Gasteiger charge is -2.16. The van der Waals surface area contributed by atoms with Crippen LogP contribution in [-0.2, 0) is 6.18 Å². The van der Waals surface area contributed by atoms with E-state index in [1.54, 1.807) is 13.8 Å². The average Bonchev–Trinajstić information content (AvgIpc) is 2.42. The second-order valence-corrected chi connectivity index (χ2v) is 4.99. The maximum absolute atomic E-state index is 13.6. The molecule has 5 heteroatoms. The first-order chi connectivity index (χ1) is 9.70. The highest BCUT2D eigenvalue weighted by Crippen LogP contribution is 2.32. The molecule has 1 unspecified atom stereocenters. The molecule has 1 atom stereocenters. The van der Waals surface area contributed by atoms with Gasteiger partial charge in [0.05, 0.1) is 5.56 Å². The molecule has 2 aromatic rings. The quantitative estimate of drug-likeness (QED) is 0.807. The Morgan fingerprint density at radius 2 is 1.52 bits per heavy atom. The molecule has 0 aromatic heterocycles. The second-order valence-electron chi connectivity index (χ2n) is 4.99. The van der Waals surface area contributed by atoms with Crippen molar-refractivity contribution in [2.24, 2.45) is 0 Å². The lowest BCUT2D eigenvalue weighted by Crippen LogP contribution is -2.08. The van der Waals surface area contributed by atoms with Gasteiger partial charge < -0.3 is 5.11 Å². The molecule has 2 rings (SSSR count). The molecule has 0 saturated heterocycles. The normalized spacial score (nSPS) is 13.3. The number of rotatable bonds is 2. The fraction of sp³-hybridized carbons (Fsp3) is 0.250. The third kappa shape index (κ3) is 3.24. The van der Waals surface area contributed by atoms with Crippen LogP contribution in [0.15, 0.2) is 36.4 Å². The Kier molecular flexibility index (Phi) is 4.05. The highest BCUT2D eigenvalue weighted by atomic mass is 19.4. The van der Waals surface area contributed by atoms with Crippen molar-refractivity contribution >= 4 is 0 Å². The van der Waals surface area contributed by atoms with E-state index < -0.39 is 17.8 Å². The Bertz CT molecular complexity index is 639. The zero-order chi connectivity index (χ0) is 15.8. The van der Waals surface area contributed by atoms with E-state index in [1.165, 1.54) is 24.3 Å². The molecule has 0 spiro atoms. The first-order valence-electron chi connectivity index (χ1n) is 6.32. The first-order valence-corrected chi connectivity index (χ1v) is 6.32. The van der Waals surface area contributed by atoms with E-state index in [-0.39, 0.29) is 11.4 Å². The lowest BCUT2D eigenvalue weighted by molar-refractivity contribution is -0.137. The minimum Gasteiger partial charge on any atom is -0.384 e. The molecule has 2 aromatic carbocycles. The van der Waals surface area contributed by atoms with Crippen LogP contribution in [0.1, 0.15) is 33.9 Å². The van der Waals surface area contributed by atoms with E-state index in [1.807, 2.05) is 0 Å². The molecule has 112 valence electrons. The summed E-state index contributed by atoms with van der Waals surface area (Å²) in [6.07, 6.45) is -5.70. The molecule has 21 heavy (non-hydrogen) atoms. The van der Waals surface area contributed by atoms with Crippen LogP contribution < -0.4 is 0 Å². The molecular formula is C16H14F4O. The summed E-state index contributed by atoms with van der Waals surface area (Å²) in [4.78, 5) is 0. The van der Waals surface area contributed by atoms with Crippen LogP contribution >= 0.6 is 0 Å². The van der Waals surface area contributed by atoms with Gasteiger partial charge in [-0.1, -0.05) is 24.3 Å². The van der Waals surface area contributed by atoms with Gasteiger partial charge in [-0.05, 0) is 48.2 Å². The Labute approximate surface area is 119 Å². The average molecular weight is 298 g/mol. The Morgan fingerprint density at radius 3 is 2.05 bits per heavy atom. The third-order valence-electron chi connectivity index (χ3n) is 3.30. The van der Waals surface area contributed by atoms with E-state index in [0.29, 0.717) is 16.7 Å². The fourth-order valence-corrected chi connectivity index (χ4v) is 2.21. The summed E-state index contributed by atoms with van der Waals surface area (Å²) in [7, 11) is 0. The molecule has 1 nitrogen and oxygen atoms in total. The maximum Gasteiger partial charge on any atom is 0.416 e. The molecule has 0 saturated carbocycles. The number of hydrogen-bond acceptors (Lipinski definition) is 1. The highest BCUT2D eigenvalue weighted by molar-refractivity contribution is 5.38. The summed E-state index contributed by atoms with van der Waals surface area (Å²) >= 11 is 0. The number of alkyl halides is 3. The van der Waals surface area contributed by atoms with E-state index in [2.05, 4.69) is 0 Å². The van der Waals surface area contributed by atoms with Gasteiger partial charge in [-0.2, -0.15) is 13.2 Å². The molecule has 0 aliphatic heterocycles. The Hall–Kier alpha value is -1.88. The summed E-state index contributed by atoms with van der Waals surface area (Å²) < 4.78 is 51.6. The standard InChI is InChI=1S/C16H14F4O/c1-9-6-12(7-10(2)14(9)17)15(21)11-4-3-5-13(8-11)16(18,19)20/h3-8,15,21H,1-2H3. The van der Waals surface area contributed by atoms with Crippen molar-refractivity contribution in [1.82, 2.24) is 0 Å². The minimum absolute atomic E-state index is 0.121. The van der Waals surface area contributed by atoms with Gasteiger partial charge in [-0.3, -0.25) is 0 Å². The zero-order valence-electron chi connectivity index (χ0n) is 11.5. The van der Waals surface area contributed by atoms with Gasteiger partial charge in [0.1, 0.15) is 11.9 Å². The third-order valence-corrected chi connectivity index (χ3v) is 3.30. The van der Waals surface area contributed by atoms with Crippen molar-refractivity contribution in [1.29, 1.82) is 0 Å². The highest BCUT2D eigenvalue weighted by Gasteiger charge is 2.31. The fourth-order valence-electron chi connectivity index (χ4n) is 2.21. The Balaban J connectivity index is 2.43. The molecular weight excluding hydrogens is 284 g/mol. The van der Waals surface area contributed by atoms with Gasteiger partial charge in [-0.25, -0.2) is 4.39 Å². The number of benzene rings is 2. The molecule has 1 N–H and O–H groups in total. The predicted octanol–water partition coefficient (Wildman–Crippen LogP) is 4.54. The van der Waals surface area contributed by atoms with Gasteiger partial charge in [0.15, 0.2) is 0 Å². The smallest absolute Gasteiger partial charge is 0.384 e. The van der Waals surface area contributed by atoms with Gasteiger partial charge in [0.2, 0.25) is 0 Å². The minimum atomic E-state index is -4.47. The summed E-state index contributed by atoms with van der Waals surface area (Å²) in [6.45, 7) is 3.09. The van der Waals surface area contributed by atoms with Crippen molar-refractivity contribution in [3.8, 4) is 0 Å². The number of hydrogen-bond donors (Lipinski definition) is 1. The van der Waals surface area contributed by atoms with Crippen molar-refractivity contribution in [3.63, 3.8) is 0 Å². The van der Waals surface area contributed by atoms with Crippen LogP contribution in [0.5, 0.6) is 0 Å². The maximum atomic E-state index is 13.6. The SMILES string of the molecule is Cc1cc(C(O)c2cccc(C(F)(F)F)c2)cc(C)c1F. The number of aliphatic hydroxyl groups is 1. The first kappa shape index (κ1) is 15.5.